The predicted molar refractivity (Wildman–Crippen MR) is 108 cm³/mol. The van der Waals surface area contributed by atoms with E-state index in [4.69, 9.17) is 4.74 Å². The Morgan fingerprint density at radius 2 is 1.52 bits per heavy atom. The van der Waals surface area contributed by atoms with Gasteiger partial charge in [0, 0.05) is 5.69 Å². The Kier molecular flexibility index (Phi) is 4.83. The molecule has 3 amide bonds. The van der Waals surface area contributed by atoms with Crippen molar-refractivity contribution in [3.05, 3.63) is 89.5 Å². The third-order valence-electron chi connectivity index (χ3n) is 4.54. The van der Waals surface area contributed by atoms with Crippen LogP contribution < -0.4 is 10.1 Å². The van der Waals surface area contributed by atoms with Gasteiger partial charge in [-0.05, 0) is 61.0 Å². The number of carbonyl (C=O) groups excluding carboxylic acids is 3. The highest BCUT2D eigenvalue weighted by Gasteiger charge is 2.36. The number of aryl methyl sites for hydroxylation is 1. The van der Waals surface area contributed by atoms with Crippen LogP contribution in [0, 0.1) is 6.92 Å². The van der Waals surface area contributed by atoms with E-state index in [1.54, 1.807) is 48.5 Å². The Morgan fingerprint density at radius 1 is 0.862 bits per heavy atom. The van der Waals surface area contributed by atoms with Crippen LogP contribution in [0.5, 0.6) is 11.5 Å². The molecule has 0 unspecified atom stereocenters. The highest BCUT2D eigenvalue weighted by atomic mass is 16.5. The Morgan fingerprint density at radius 3 is 2.14 bits per heavy atom. The molecule has 144 valence electrons. The Hall–Kier alpha value is -3.93. The minimum Gasteiger partial charge on any atom is -0.457 e. The molecule has 6 nitrogen and oxygen atoms in total. The van der Waals surface area contributed by atoms with Crippen molar-refractivity contribution in [1.82, 2.24) is 4.90 Å². The molecule has 1 N–H and O–H groups in total. The first-order chi connectivity index (χ1) is 14.0. The molecule has 0 spiro atoms. The first-order valence-electron chi connectivity index (χ1n) is 9.11. The molecule has 0 aromatic heterocycles. The van der Waals surface area contributed by atoms with Crippen molar-refractivity contribution in [2.75, 3.05) is 11.9 Å². The fourth-order valence-corrected chi connectivity index (χ4v) is 3.15. The molecule has 1 aliphatic heterocycles. The maximum atomic E-state index is 12.3. The van der Waals surface area contributed by atoms with Crippen LogP contribution in [0.15, 0.2) is 72.8 Å². The minimum atomic E-state index is -0.456. The molecule has 3 aromatic rings. The molecular formula is C23H18N2O4. The van der Waals surface area contributed by atoms with Crippen LogP contribution in [-0.2, 0) is 4.79 Å². The molecule has 0 saturated carbocycles. The number of rotatable bonds is 5. The van der Waals surface area contributed by atoms with E-state index >= 15 is 0 Å². The van der Waals surface area contributed by atoms with E-state index in [1.165, 1.54) is 0 Å². The molecule has 0 bridgehead atoms. The molecule has 0 aliphatic carbocycles. The molecule has 0 radical (unpaired) electrons. The zero-order chi connectivity index (χ0) is 20.4. The second kappa shape index (κ2) is 7.59. The van der Waals surface area contributed by atoms with E-state index < -0.39 is 17.7 Å². The zero-order valence-electron chi connectivity index (χ0n) is 15.7. The number of nitrogens with zero attached hydrogens (tertiary/aromatic N) is 1. The summed E-state index contributed by atoms with van der Waals surface area (Å²) in [5.74, 6) is -0.00137. The number of fused-ring (bicyclic) bond motifs is 1. The van der Waals surface area contributed by atoms with Crippen molar-refractivity contribution in [3.8, 4) is 11.5 Å². The summed E-state index contributed by atoms with van der Waals surface area (Å²) in [4.78, 5) is 38.0. The van der Waals surface area contributed by atoms with E-state index in [2.05, 4.69) is 5.32 Å². The van der Waals surface area contributed by atoms with E-state index in [0.29, 0.717) is 22.6 Å². The maximum absolute atomic E-state index is 12.3. The maximum Gasteiger partial charge on any atom is 0.262 e. The van der Waals surface area contributed by atoms with Crippen molar-refractivity contribution < 1.29 is 19.1 Å². The van der Waals surface area contributed by atoms with Gasteiger partial charge in [-0.3, -0.25) is 19.3 Å². The normalized spacial score (nSPS) is 12.7. The number of imide groups is 1. The lowest BCUT2D eigenvalue weighted by molar-refractivity contribution is -0.116. The summed E-state index contributed by atoms with van der Waals surface area (Å²) in [7, 11) is 0. The SMILES string of the molecule is Cc1cccc(Oc2ccc(NC(=O)CN3C(=O)c4ccccc4C3=O)cc2)c1. The van der Waals surface area contributed by atoms with Gasteiger partial charge in [0.25, 0.3) is 11.8 Å². The molecule has 0 atom stereocenters. The highest BCUT2D eigenvalue weighted by Crippen LogP contribution is 2.24. The van der Waals surface area contributed by atoms with Gasteiger partial charge in [-0.25, -0.2) is 0 Å². The van der Waals surface area contributed by atoms with Gasteiger partial charge in [0.1, 0.15) is 18.0 Å². The summed E-state index contributed by atoms with van der Waals surface area (Å²) in [5.41, 5.74) is 2.29. The van der Waals surface area contributed by atoms with Crippen LogP contribution in [0.3, 0.4) is 0 Å². The van der Waals surface area contributed by atoms with Gasteiger partial charge >= 0.3 is 0 Å². The first kappa shape index (κ1) is 18.4. The average Bonchev–Trinajstić information content (AvgIpc) is 2.95. The second-order valence-electron chi connectivity index (χ2n) is 6.73. The fraction of sp³-hybridized carbons (Fsp3) is 0.0870. The molecule has 29 heavy (non-hydrogen) atoms. The molecular weight excluding hydrogens is 368 g/mol. The monoisotopic (exact) mass is 386 g/mol. The topological polar surface area (TPSA) is 75.7 Å². The third kappa shape index (κ3) is 3.87. The number of carbonyl (C=O) groups is 3. The zero-order valence-corrected chi connectivity index (χ0v) is 15.7. The molecule has 0 saturated heterocycles. The van der Waals surface area contributed by atoms with Gasteiger partial charge in [0.05, 0.1) is 11.1 Å². The van der Waals surface area contributed by atoms with Crippen LogP contribution in [0.1, 0.15) is 26.3 Å². The van der Waals surface area contributed by atoms with Crippen molar-refractivity contribution >= 4 is 23.4 Å². The van der Waals surface area contributed by atoms with Gasteiger partial charge in [0.2, 0.25) is 5.91 Å². The lowest BCUT2D eigenvalue weighted by atomic mass is 10.1. The number of nitrogens with one attached hydrogen (secondary N) is 1. The van der Waals surface area contributed by atoms with Gasteiger partial charge in [-0.2, -0.15) is 0 Å². The van der Waals surface area contributed by atoms with Crippen molar-refractivity contribution in [2.45, 2.75) is 6.92 Å². The van der Waals surface area contributed by atoms with Gasteiger partial charge < -0.3 is 10.1 Å². The summed E-state index contributed by atoms with van der Waals surface area (Å²) in [6.45, 7) is 1.65. The van der Waals surface area contributed by atoms with Crippen molar-refractivity contribution in [2.24, 2.45) is 0 Å². The summed E-state index contributed by atoms with van der Waals surface area (Å²) in [6.07, 6.45) is 0. The summed E-state index contributed by atoms with van der Waals surface area (Å²) < 4.78 is 5.78. The van der Waals surface area contributed by atoms with Gasteiger partial charge in [-0.1, -0.05) is 24.3 Å². The van der Waals surface area contributed by atoms with Crippen LogP contribution in [0.25, 0.3) is 0 Å². The minimum absolute atomic E-state index is 0.322. The van der Waals surface area contributed by atoms with Crippen LogP contribution >= 0.6 is 0 Å². The van der Waals surface area contributed by atoms with Crippen LogP contribution in [0.2, 0.25) is 0 Å². The van der Waals surface area contributed by atoms with E-state index in [0.717, 1.165) is 16.2 Å². The number of amides is 3. The standard InChI is InChI=1S/C23H18N2O4/c1-15-5-4-6-18(13-15)29-17-11-9-16(10-12-17)24-21(26)14-25-22(27)19-7-2-3-8-20(19)23(25)28/h2-13H,14H2,1H3,(H,24,26). The van der Waals surface area contributed by atoms with Crippen LogP contribution in [-0.4, -0.2) is 29.2 Å². The predicted octanol–water partition coefficient (Wildman–Crippen LogP) is 4.02. The summed E-state index contributed by atoms with van der Waals surface area (Å²) >= 11 is 0. The molecule has 6 heteroatoms. The fourth-order valence-electron chi connectivity index (χ4n) is 3.15. The molecule has 0 fully saturated rings. The summed E-state index contributed by atoms with van der Waals surface area (Å²) in [5, 5.41) is 2.70. The van der Waals surface area contributed by atoms with E-state index in [9.17, 15) is 14.4 Å². The number of ether oxygens (including phenoxy) is 1. The Bertz CT molecular complexity index is 1070. The smallest absolute Gasteiger partial charge is 0.262 e. The number of hydrogen-bond acceptors (Lipinski definition) is 4. The Balaban J connectivity index is 1.38. The summed E-state index contributed by atoms with van der Waals surface area (Å²) in [6, 6.07) is 21.1. The van der Waals surface area contributed by atoms with Crippen molar-refractivity contribution in [1.29, 1.82) is 0 Å². The lowest BCUT2D eigenvalue weighted by Crippen LogP contribution is -2.37. The number of benzene rings is 3. The molecule has 1 heterocycles. The van der Waals surface area contributed by atoms with Crippen LogP contribution in [0.4, 0.5) is 5.69 Å². The van der Waals surface area contributed by atoms with Gasteiger partial charge in [-0.15, -0.1) is 0 Å². The molecule has 1 aliphatic rings. The lowest BCUT2D eigenvalue weighted by Gasteiger charge is -2.14. The quantitative estimate of drug-likeness (QED) is 0.672. The average molecular weight is 386 g/mol. The molecule has 3 aromatic carbocycles. The third-order valence-corrected chi connectivity index (χ3v) is 4.54. The Labute approximate surface area is 167 Å². The highest BCUT2D eigenvalue weighted by molar-refractivity contribution is 6.22. The van der Waals surface area contributed by atoms with Crippen molar-refractivity contribution in [3.63, 3.8) is 0 Å². The second-order valence-corrected chi connectivity index (χ2v) is 6.73. The first-order valence-corrected chi connectivity index (χ1v) is 9.11. The number of anilines is 1. The number of hydrogen-bond donors (Lipinski definition) is 1. The van der Waals surface area contributed by atoms with E-state index in [1.807, 2.05) is 31.2 Å². The largest absolute Gasteiger partial charge is 0.457 e. The molecule has 4 rings (SSSR count). The van der Waals surface area contributed by atoms with E-state index in [-0.39, 0.29) is 6.54 Å². The van der Waals surface area contributed by atoms with Gasteiger partial charge in [0.15, 0.2) is 0 Å².